The Hall–Kier alpha value is -3.38. The van der Waals surface area contributed by atoms with Crippen molar-refractivity contribution in [2.24, 2.45) is 5.10 Å². The molecule has 0 saturated carbocycles. The van der Waals surface area contributed by atoms with E-state index >= 15 is 0 Å². The first kappa shape index (κ1) is 20.4. The van der Waals surface area contributed by atoms with Crippen molar-refractivity contribution < 1.29 is 18.7 Å². The van der Waals surface area contributed by atoms with Crippen LogP contribution in [0.25, 0.3) is 0 Å². The zero-order valence-electron chi connectivity index (χ0n) is 15.3. The lowest BCUT2D eigenvalue weighted by Crippen LogP contribution is -2.24. The molecule has 3 rings (SSSR count). The van der Waals surface area contributed by atoms with Crippen LogP contribution in [0.15, 0.2) is 77.9 Å². The number of benzene rings is 3. The Morgan fingerprint density at radius 3 is 2.52 bits per heavy atom. The minimum Gasteiger partial charge on any atom is -0.489 e. The van der Waals surface area contributed by atoms with Gasteiger partial charge in [0.25, 0.3) is 5.91 Å². The molecule has 0 spiro atoms. The molecular formula is C22H18ClFN2O3. The van der Waals surface area contributed by atoms with Crippen LogP contribution in [0.3, 0.4) is 0 Å². The molecule has 5 nitrogen and oxygen atoms in total. The summed E-state index contributed by atoms with van der Waals surface area (Å²) in [5.74, 6) is 0.275. The maximum absolute atomic E-state index is 12.8. The van der Waals surface area contributed by atoms with Gasteiger partial charge in [0.05, 0.1) is 6.21 Å². The Morgan fingerprint density at radius 1 is 1.00 bits per heavy atom. The van der Waals surface area contributed by atoms with Gasteiger partial charge in [0.1, 0.15) is 23.9 Å². The van der Waals surface area contributed by atoms with E-state index in [9.17, 15) is 9.18 Å². The summed E-state index contributed by atoms with van der Waals surface area (Å²) in [5, 5.41) is 4.58. The van der Waals surface area contributed by atoms with Crippen LogP contribution in [0.2, 0.25) is 5.02 Å². The van der Waals surface area contributed by atoms with Crippen LogP contribution < -0.4 is 14.9 Å². The highest BCUT2D eigenvalue weighted by atomic mass is 35.5. The fourth-order valence-electron chi connectivity index (χ4n) is 2.32. The Kier molecular flexibility index (Phi) is 7.19. The van der Waals surface area contributed by atoms with E-state index in [1.807, 2.05) is 42.5 Å². The van der Waals surface area contributed by atoms with Crippen molar-refractivity contribution in [2.75, 3.05) is 6.61 Å². The van der Waals surface area contributed by atoms with E-state index in [1.165, 1.54) is 30.5 Å². The van der Waals surface area contributed by atoms with Crippen LogP contribution in [0.5, 0.6) is 11.5 Å². The fraction of sp³-hybridized carbons (Fsp3) is 0.0909. The summed E-state index contributed by atoms with van der Waals surface area (Å²) < 4.78 is 23.8. The Morgan fingerprint density at radius 2 is 1.76 bits per heavy atom. The third-order valence-corrected chi connectivity index (χ3v) is 4.02. The number of hydrogen-bond donors (Lipinski definition) is 1. The Labute approximate surface area is 172 Å². The van der Waals surface area contributed by atoms with Crippen LogP contribution in [-0.4, -0.2) is 18.7 Å². The van der Waals surface area contributed by atoms with Gasteiger partial charge in [-0.05, 0) is 59.7 Å². The number of hydrogen-bond acceptors (Lipinski definition) is 4. The lowest BCUT2D eigenvalue weighted by Gasteiger charge is -2.07. The molecule has 3 aromatic rings. The number of carbonyl (C=O) groups excluding carboxylic acids is 1. The van der Waals surface area contributed by atoms with Crippen molar-refractivity contribution in [3.63, 3.8) is 0 Å². The van der Waals surface area contributed by atoms with Crippen molar-refractivity contribution in [3.8, 4) is 11.5 Å². The molecule has 0 aliphatic heterocycles. The maximum Gasteiger partial charge on any atom is 0.277 e. The van der Waals surface area contributed by atoms with Crippen LogP contribution in [0.4, 0.5) is 4.39 Å². The second-order valence-electron chi connectivity index (χ2n) is 6.02. The number of halogens is 2. The second-order valence-corrected chi connectivity index (χ2v) is 6.46. The molecule has 0 aliphatic carbocycles. The number of nitrogens with one attached hydrogen (secondary N) is 1. The highest BCUT2D eigenvalue weighted by molar-refractivity contribution is 6.30. The van der Waals surface area contributed by atoms with Crippen LogP contribution >= 0.6 is 11.6 Å². The largest absolute Gasteiger partial charge is 0.489 e. The number of hydrazone groups is 1. The molecule has 148 valence electrons. The lowest BCUT2D eigenvalue weighted by molar-refractivity contribution is -0.123. The topological polar surface area (TPSA) is 59.9 Å². The summed E-state index contributed by atoms with van der Waals surface area (Å²) in [6.45, 7) is 0.183. The number of rotatable bonds is 8. The number of ether oxygens (including phenoxy) is 2. The van der Waals surface area contributed by atoms with Gasteiger partial charge >= 0.3 is 0 Å². The Bertz CT molecular complexity index is 976. The van der Waals surface area contributed by atoms with Crippen molar-refractivity contribution in [3.05, 3.63) is 94.8 Å². The van der Waals surface area contributed by atoms with E-state index in [1.54, 1.807) is 6.07 Å². The predicted molar refractivity (Wildman–Crippen MR) is 110 cm³/mol. The molecule has 0 aliphatic rings. The molecule has 0 radical (unpaired) electrons. The molecule has 0 saturated heterocycles. The minimum absolute atomic E-state index is 0.229. The SMILES string of the molecule is O=C(COc1ccc(F)cc1)N/N=C\c1cccc(OCc2ccc(Cl)cc2)c1. The van der Waals surface area contributed by atoms with E-state index in [-0.39, 0.29) is 12.4 Å². The molecule has 1 N–H and O–H groups in total. The molecule has 0 atom stereocenters. The quantitative estimate of drug-likeness (QED) is 0.435. The van der Waals surface area contributed by atoms with E-state index in [0.717, 1.165) is 11.1 Å². The average Bonchev–Trinajstić information content (AvgIpc) is 2.73. The molecule has 0 bridgehead atoms. The first-order valence-electron chi connectivity index (χ1n) is 8.76. The van der Waals surface area contributed by atoms with E-state index in [4.69, 9.17) is 21.1 Å². The van der Waals surface area contributed by atoms with Crippen LogP contribution in [0.1, 0.15) is 11.1 Å². The molecule has 0 unspecified atom stereocenters. The van der Waals surface area contributed by atoms with Gasteiger partial charge in [-0.3, -0.25) is 4.79 Å². The third kappa shape index (κ3) is 6.93. The minimum atomic E-state index is -0.430. The van der Waals surface area contributed by atoms with Crippen LogP contribution in [0, 0.1) is 5.82 Å². The normalized spacial score (nSPS) is 10.7. The van der Waals surface area contributed by atoms with Crippen molar-refractivity contribution in [1.82, 2.24) is 5.43 Å². The van der Waals surface area contributed by atoms with Gasteiger partial charge in [-0.2, -0.15) is 5.10 Å². The smallest absolute Gasteiger partial charge is 0.277 e. The number of nitrogens with zero attached hydrogens (tertiary/aromatic N) is 1. The monoisotopic (exact) mass is 412 g/mol. The van der Waals surface area contributed by atoms with E-state index < -0.39 is 5.91 Å². The molecule has 0 aromatic heterocycles. The molecule has 1 amide bonds. The highest BCUT2D eigenvalue weighted by Gasteiger charge is 2.02. The Balaban J connectivity index is 1.46. The van der Waals surface area contributed by atoms with E-state index in [2.05, 4.69) is 10.5 Å². The molecular weight excluding hydrogens is 395 g/mol. The zero-order chi connectivity index (χ0) is 20.5. The summed E-state index contributed by atoms with van der Waals surface area (Å²) >= 11 is 5.87. The zero-order valence-corrected chi connectivity index (χ0v) is 16.1. The predicted octanol–water partition coefficient (Wildman–Crippen LogP) is 4.59. The fourth-order valence-corrected chi connectivity index (χ4v) is 2.45. The summed E-state index contributed by atoms with van der Waals surface area (Å²) in [7, 11) is 0. The van der Waals surface area contributed by atoms with Gasteiger partial charge in [-0.1, -0.05) is 35.9 Å². The molecule has 0 heterocycles. The standard InChI is InChI=1S/C22H18ClFN2O3/c23-18-6-4-16(5-7-18)14-28-21-3-1-2-17(12-21)13-25-26-22(27)15-29-20-10-8-19(24)9-11-20/h1-13H,14-15H2,(H,26,27)/b25-13-. The van der Waals surface area contributed by atoms with Gasteiger partial charge in [0, 0.05) is 5.02 Å². The number of carbonyl (C=O) groups is 1. The van der Waals surface area contributed by atoms with E-state index in [0.29, 0.717) is 23.1 Å². The van der Waals surface area contributed by atoms with Gasteiger partial charge < -0.3 is 9.47 Å². The molecule has 7 heteroatoms. The van der Waals surface area contributed by atoms with Gasteiger partial charge in [-0.15, -0.1) is 0 Å². The van der Waals surface area contributed by atoms with Gasteiger partial charge in [0.15, 0.2) is 6.61 Å². The molecule has 0 fully saturated rings. The van der Waals surface area contributed by atoms with Gasteiger partial charge in [-0.25, -0.2) is 9.82 Å². The van der Waals surface area contributed by atoms with Gasteiger partial charge in [0.2, 0.25) is 0 Å². The van der Waals surface area contributed by atoms with Crippen molar-refractivity contribution in [1.29, 1.82) is 0 Å². The molecule has 3 aromatic carbocycles. The second kappa shape index (κ2) is 10.2. The summed E-state index contributed by atoms with van der Waals surface area (Å²) in [4.78, 5) is 11.8. The first-order valence-corrected chi connectivity index (χ1v) is 9.14. The van der Waals surface area contributed by atoms with Crippen molar-refractivity contribution in [2.45, 2.75) is 6.61 Å². The number of amides is 1. The summed E-state index contributed by atoms with van der Waals surface area (Å²) in [5.41, 5.74) is 4.14. The van der Waals surface area contributed by atoms with Crippen molar-refractivity contribution >= 4 is 23.7 Å². The molecule has 29 heavy (non-hydrogen) atoms. The summed E-state index contributed by atoms with van der Waals surface area (Å²) in [6.07, 6.45) is 1.50. The first-order chi connectivity index (χ1) is 14.1. The lowest BCUT2D eigenvalue weighted by atomic mass is 10.2. The maximum atomic E-state index is 12.8. The van der Waals surface area contributed by atoms with Crippen LogP contribution in [-0.2, 0) is 11.4 Å². The highest BCUT2D eigenvalue weighted by Crippen LogP contribution is 2.16. The summed E-state index contributed by atoms with van der Waals surface area (Å²) in [6, 6.07) is 20.1. The average molecular weight is 413 g/mol. The third-order valence-electron chi connectivity index (χ3n) is 3.76.